The van der Waals surface area contributed by atoms with Crippen LogP contribution in [-0.4, -0.2) is 5.91 Å². The largest absolute Gasteiger partial charge is 0.369 e. The second kappa shape index (κ2) is 4.67. The minimum Gasteiger partial charge on any atom is -0.369 e. The fourth-order valence-corrected chi connectivity index (χ4v) is 1.29. The van der Waals surface area contributed by atoms with E-state index in [1.54, 1.807) is 31.5 Å². The van der Waals surface area contributed by atoms with Crippen LogP contribution in [0.1, 0.15) is 12.5 Å². The van der Waals surface area contributed by atoms with Crippen LogP contribution in [0.2, 0.25) is 10.0 Å². The van der Waals surface area contributed by atoms with E-state index in [-0.39, 0.29) is 11.8 Å². The SMILES string of the molecule is C[C@@H]([CH]c1ccc(Cl)c(Cl)c1)C(N)=O. The van der Waals surface area contributed by atoms with Crippen LogP contribution < -0.4 is 5.73 Å². The molecule has 0 heterocycles. The Morgan fingerprint density at radius 1 is 1.43 bits per heavy atom. The first-order valence-corrected chi connectivity index (χ1v) is 4.85. The van der Waals surface area contributed by atoms with Gasteiger partial charge in [-0.25, -0.2) is 0 Å². The molecule has 1 rings (SSSR count). The van der Waals surface area contributed by atoms with E-state index in [0.717, 1.165) is 5.56 Å². The van der Waals surface area contributed by atoms with E-state index in [2.05, 4.69) is 0 Å². The Morgan fingerprint density at radius 3 is 2.57 bits per heavy atom. The van der Waals surface area contributed by atoms with E-state index in [9.17, 15) is 4.79 Å². The van der Waals surface area contributed by atoms with Gasteiger partial charge in [0.05, 0.1) is 10.0 Å². The molecule has 0 aromatic heterocycles. The average Bonchev–Trinajstić information content (AvgIpc) is 2.11. The van der Waals surface area contributed by atoms with Gasteiger partial charge >= 0.3 is 0 Å². The third-order valence-corrected chi connectivity index (χ3v) is 2.57. The Labute approximate surface area is 93.0 Å². The summed E-state index contributed by atoms with van der Waals surface area (Å²) >= 11 is 11.6. The van der Waals surface area contributed by atoms with Gasteiger partial charge < -0.3 is 5.73 Å². The molecule has 2 nitrogen and oxygen atoms in total. The summed E-state index contributed by atoms with van der Waals surface area (Å²) in [6.45, 7) is 1.73. The number of hydrogen-bond donors (Lipinski definition) is 1. The van der Waals surface area contributed by atoms with E-state index in [0.29, 0.717) is 10.0 Å². The third-order valence-electron chi connectivity index (χ3n) is 1.83. The molecule has 0 spiro atoms. The molecule has 0 aliphatic rings. The van der Waals surface area contributed by atoms with Gasteiger partial charge in [0, 0.05) is 12.3 Å². The van der Waals surface area contributed by atoms with E-state index >= 15 is 0 Å². The lowest BCUT2D eigenvalue weighted by Gasteiger charge is -2.07. The molecule has 0 unspecified atom stereocenters. The monoisotopic (exact) mass is 230 g/mol. The van der Waals surface area contributed by atoms with Gasteiger partial charge in [-0.15, -0.1) is 0 Å². The zero-order valence-electron chi connectivity index (χ0n) is 7.63. The summed E-state index contributed by atoms with van der Waals surface area (Å²) in [5, 5.41) is 0.965. The summed E-state index contributed by atoms with van der Waals surface area (Å²) in [5.41, 5.74) is 5.96. The predicted molar refractivity (Wildman–Crippen MR) is 58.2 cm³/mol. The van der Waals surface area contributed by atoms with Crippen LogP contribution in [0.3, 0.4) is 0 Å². The van der Waals surface area contributed by atoms with Gasteiger partial charge in [-0.3, -0.25) is 4.79 Å². The van der Waals surface area contributed by atoms with Gasteiger partial charge in [0.15, 0.2) is 0 Å². The quantitative estimate of drug-likeness (QED) is 0.853. The Bertz CT molecular complexity index is 352. The summed E-state index contributed by atoms with van der Waals surface area (Å²) in [7, 11) is 0. The van der Waals surface area contributed by atoms with Crippen molar-refractivity contribution in [2.24, 2.45) is 11.7 Å². The van der Waals surface area contributed by atoms with Crippen LogP contribution in [0.4, 0.5) is 0 Å². The molecule has 0 saturated heterocycles. The number of carbonyl (C=O) groups is 1. The Hall–Kier alpha value is -0.730. The van der Waals surface area contributed by atoms with Crippen molar-refractivity contribution in [1.82, 2.24) is 0 Å². The Balaban J connectivity index is 2.78. The van der Waals surface area contributed by atoms with Crippen molar-refractivity contribution in [2.75, 3.05) is 0 Å². The Kier molecular flexibility index (Phi) is 3.78. The van der Waals surface area contributed by atoms with E-state index < -0.39 is 0 Å². The molecular formula is C10H10Cl2NO. The van der Waals surface area contributed by atoms with Crippen molar-refractivity contribution in [1.29, 1.82) is 0 Å². The van der Waals surface area contributed by atoms with Crippen LogP contribution in [0, 0.1) is 12.3 Å². The van der Waals surface area contributed by atoms with Crippen molar-refractivity contribution >= 4 is 29.1 Å². The highest BCUT2D eigenvalue weighted by molar-refractivity contribution is 6.42. The number of amides is 1. The summed E-state index contributed by atoms with van der Waals surface area (Å²) < 4.78 is 0. The first-order valence-electron chi connectivity index (χ1n) is 4.10. The predicted octanol–water partition coefficient (Wildman–Crippen LogP) is 2.67. The molecule has 0 aliphatic heterocycles. The molecule has 75 valence electrons. The molecule has 0 aliphatic carbocycles. The highest BCUT2D eigenvalue weighted by Crippen LogP contribution is 2.24. The molecule has 1 aromatic carbocycles. The van der Waals surface area contributed by atoms with Crippen molar-refractivity contribution in [3.05, 3.63) is 40.2 Å². The number of halogens is 2. The smallest absolute Gasteiger partial charge is 0.220 e. The van der Waals surface area contributed by atoms with Crippen molar-refractivity contribution in [3.63, 3.8) is 0 Å². The number of benzene rings is 1. The lowest BCUT2D eigenvalue weighted by Crippen LogP contribution is -2.21. The summed E-state index contributed by atoms with van der Waals surface area (Å²) in [4.78, 5) is 10.8. The van der Waals surface area contributed by atoms with Crippen LogP contribution in [0.5, 0.6) is 0 Å². The van der Waals surface area contributed by atoms with E-state index in [1.165, 1.54) is 0 Å². The highest BCUT2D eigenvalue weighted by atomic mass is 35.5. The standard InChI is InChI=1S/C10H10Cl2NO/c1-6(10(13)14)4-7-2-3-8(11)9(12)5-7/h2-6H,1H3,(H2,13,14)/t6-/m0/s1. The maximum absolute atomic E-state index is 10.8. The van der Waals surface area contributed by atoms with Crippen molar-refractivity contribution in [2.45, 2.75) is 6.92 Å². The van der Waals surface area contributed by atoms with Gasteiger partial charge in [0.2, 0.25) is 5.91 Å². The van der Waals surface area contributed by atoms with Gasteiger partial charge in [0.1, 0.15) is 0 Å². The molecular weight excluding hydrogens is 221 g/mol. The summed E-state index contributed by atoms with van der Waals surface area (Å²) in [6, 6.07) is 5.17. The lowest BCUT2D eigenvalue weighted by atomic mass is 10.0. The molecule has 0 fully saturated rings. The minimum absolute atomic E-state index is 0.313. The third kappa shape index (κ3) is 2.89. The van der Waals surface area contributed by atoms with Crippen LogP contribution in [-0.2, 0) is 4.79 Å². The second-order valence-corrected chi connectivity index (χ2v) is 3.85. The molecule has 2 N–H and O–H groups in total. The maximum Gasteiger partial charge on any atom is 0.220 e. The fourth-order valence-electron chi connectivity index (χ4n) is 0.987. The van der Waals surface area contributed by atoms with Gasteiger partial charge in [-0.1, -0.05) is 36.2 Å². The fraction of sp³-hybridized carbons (Fsp3) is 0.200. The topological polar surface area (TPSA) is 43.1 Å². The zero-order chi connectivity index (χ0) is 10.7. The molecule has 1 radical (unpaired) electrons. The molecule has 4 heteroatoms. The number of carbonyl (C=O) groups excluding carboxylic acids is 1. The average molecular weight is 231 g/mol. The highest BCUT2D eigenvalue weighted by Gasteiger charge is 2.10. The zero-order valence-corrected chi connectivity index (χ0v) is 9.14. The molecule has 1 atom stereocenters. The van der Waals surface area contributed by atoms with Crippen LogP contribution >= 0.6 is 23.2 Å². The number of primary amides is 1. The number of nitrogens with two attached hydrogens (primary N) is 1. The van der Waals surface area contributed by atoms with Gasteiger partial charge in [-0.2, -0.15) is 0 Å². The van der Waals surface area contributed by atoms with Gasteiger partial charge in [0.25, 0.3) is 0 Å². The minimum atomic E-state index is -0.365. The first kappa shape index (κ1) is 11.3. The Morgan fingerprint density at radius 2 is 2.07 bits per heavy atom. The molecule has 1 amide bonds. The molecule has 0 saturated carbocycles. The van der Waals surface area contributed by atoms with Crippen molar-refractivity contribution in [3.8, 4) is 0 Å². The van der Waals surface area contributed by atoms with E-state index in [1.807, 2.05) is 0 Å². The summed E-state index contributed by atoms with van der Waals surface area (Å²) in [5.74, 6) is -0.677. The van der Waals surface area contributed by atoms with Crippen LogP contribution in [0.15, 0.2) is 18.2 Å². The molecule has 14 heavy (non-hydrogen) atoms. The van der Waals surface area contributed by atoms with Crippen molar-refractivity contribution < 1.29 is 4.79 Å². The normalized spacial score (nSPS) is 12.5. The lowest BCUT2D eigenvalue weighted by molar-refractivity contribution is -0.120. The van der Waals surface area contributed by atoms with Gasteiger partial charge in [-0.05, 0) is 17.7 Å². The van der Waals surface area contributed by atoms with E-state index in [4.69, 9.17) is 28.9 Å². The number of rotatable bonds is 3. The summed E-state index contributed by atoms with van der Waals surface area (Å²) in [6.07, 6.45) is 1.74. The first-order chi connectivity index (χ1) is 6.50. The maximum atomic E-state index is 10.8. The second-order valence-electron chi connectivity index (χ2n) is 3.03. The van der Waals surface area contributed by atoms with Crippen LogP contribution in [0.25, 0.3) is 0 Å². The molecule has 1 aromatic rings. The number of hydrogen-bond acceptors (Lipinski definition) is 1. The molecule has 0 bridgehead atoms.